The minimum atomic E-state index is 0.0337. The smallest absolute Gasteiger partial charge is 0.253 e. The van der Waals surface area contributed by atoms with Gasteiger partial charge in [0.25, 0.3) is 5.91 Å². The third kappa shape index (κ3) is 3.61. The minimum absolute atomic E-state index is 0.0337. The number of nitrogens with zero attached hydrogens (tertiary/aromatic N) is 4. The Kier molecular flexibility index (Phi) is 4.73. The lowest BCUT2D eigenvalue weighted by Gasteiger charge is -2.36. The SMILES string of the molecule is CN(CC1Cc2ccccc2CN1C)C(=O)c1ccc(-c2ncn[nH]2)cc1. The van der Waals surface area contributed by atoms with Crippen LogP contribution in [0.1, 0.15) is 21.5 Å². The van der Waals surface area contributed by atoms with Crippen LogP contribution in [0.5, 0.6) is 0 Å². The van der Waals surface area contributed by atoms with E-state index in [4.69, 9.17) is 0 Å². The van der Waals surface area contributed by atoms with Crippen LogP contribution < -0.4 is 0 Å². The van der Waals surface area contributed by atoms with Crippen LogP contribution >= 0.6 is 0 Å². The summed E-state index contributed by atoms with van der Waals surface area (Å²) < 4.78 is 0. The summed E-state index contributed by atoms with van der Waals surface area (Å²) in [6, 6.07) is 16.4. The maximum atomic E-state index is 12.8. The summed E-state index contributed by atoms with van der Waals surface area (Å²) in [4.78, 5) is 21.1. The van der Waals surface area contributed by atoms with E-state index in [1.54, 1.807) is 0 Å². The van der Waals surface area contributed by atoms with Crippen LogP contribution in [-0.2, 0) is 13.0 Å². The van der Waals surface area contributed by atoms with E-state index in [1.807, 2.05) is 36.2 Å². The molecule has 6 heteroatoms. The van der Waals surface area contributed by atoms with E-state index in [0.29, 0.717) is 24.0 Å². The average Bonchev–Trinajstić information content (AvgIpc) is 3.23. The van der Waals surface area contributed by atoms with Crippen molar-refractivity contribution in [1.29, 1.82) is 0 Å². The Bertz CT molecular complexity index is 920. The van der Waals surface area contributed by atoms with Crippen LogP contribution in [0.15, 0.2) is 54.9 Å². The number of aromatic nitrogens is 3. The monoisotopic (exact) mass is 361 g/mol. The molecule has 4 rings (SSSR count). The van der Waals surface area contributed by atoms with Crippen LogP contribution in [0.25, 0.3) is 11.4 Å². The summed E-state index contributed by atoms with van der Waals surface area (Å²) >= 11 is 0. The number of carbonyl (C=O) groups excluding carboxylic acids is 1. The van der Waals surface area contributed by atoms with Crippen molar-refractivity contribution in [2.24, 2.45) is 0 Å². The fourth-order valence-corrected chi connectivity index (χ4v) is 3.66. The number of hydrogen-bond acceptors (Lipinski definition) is 4. The van der Waals surface area contributed by atoms with E-state index in [1.165, 1.54) is 17.5 Å². The number of carbonyl (C=O) groups is 1. The predicted octanol–water partition coefficient (Wildman–Crippen LogP) is 2.60. The molecule has 0 aliphatic carbocycles. The van der Waals surface area contributed by atoms with Gasteiger partial charge < -0.3 is 4.90 Å². The van der Waals surface area contributed by atoms with E-state index in [2.05, 4.69) is 51.4 Å². The first-order chi connectivity index (χ1) is 13.1. The maximum Gasteiger partial charge on any atom is 0.253 e. The van der Waals surface area contributed by atoms with Gasteiger partial charge in [0.15, 0.2) is 5.82 Å². The molecule has 0 saturated carbocycles. The molecule has 1 aromatic heterocycles. The van der Waals surface area contributed by atoms with Crippen molar-refractivity contribution in [1.82, 2.24) is 25.0 Å². The van der Waals surface area contributed by atoms with Crippen LogP contribution in [0.3, 0.4) is 0 Å². The lowest BCUT2D eigenvalue weighted by atomic mass is 9.94. The summed E-state index contributed by atoms with van der Waals surface area (Å²) in [6.45, 7) is 1.63. The maximum absolute atomic E-state index is 12.8. The van der Waals surface area contributed by atoms with Crippen molar-refractivity contribution in [3.05, 3.63) is 71.5 Å². The first kappa shape index (κ1) is 17.4. The first-order valence-corrected chi connectivity index (χ1v) is 9.10. The molecule has 0 bridgehead atoms. The minimum Gasteiger partial charge on any atom is -0.340 e. The molecule has 138 valence electrons. The van der Waals surface area contributed by atoms with E-state index in [0.717, 1.165) is 18.5 Å². The topological polar surface area (TPSA) is 65.1 Å². The molecule has 0 radical (unpaired) electrons. The summed E-state index contributed by atoms with van der Waals surface area (Å²) in [5.74, 6) is 0.733. The molecule has 27 heavy (non-hydrogen) atoms. The molecule has 1 aliphatic heterocycles. The number of fused-ring (bicyclic) bond motifs is 1. The Morgan fingerprint density at radius 3 is 2.63 bits per heavy atom. The second-order valence-corrected chi connectivity index (χ2v) is 7.14. The van der Waals surface area contributed by atoms with Gasteiger partial charge in [0, 0.05) is 37.3 Å². The Morgan fingerprint density at radius 1 is 1.19 bits per heavy atom. The van der Waals surface area contributed by atoms with Crippen molar-refractivity contribution in [3.63, 3.8) is 0 Å². The predicted molar refractivity (Wildman–Crippen MR) is 104 cm³/mol. The lowest BCUT2D eigenvalue weighted by molar-refractivity contribution is 0.0733. The van der Waals surface area contributed by atoms with Crippen molar-refractivity contribution in [3.8, 4) is 11.4 Å². The quantitative estimate of drug-likeness (QED) is 0.776. The molecule has 1 atom stereocenters. The number of hydrogen-bond donors (Lipinski definition) is 1. The van der Waals surface area contributed by atoms with Crippen LogP contribution in [-0.4, -0.2) is 57.6 Å². The number of aromatic amines is 1. The molecule has 1 amide bonds. The Morgan fingerprint density at radius 2 is 1.93 bits per heavy atom. The van der Waals surface area contributed by atoms with Gasteiger partial charge in [0.2, 0.25) is 0 Å². The van der Waals surface area contributed by atoms with E-state index in [9.17, 15) is 4.79 Å². The zero-order valence-corrected chi connectivity index (χ0v) is 15.6. The Balaban J connectivity index is 1.43. The van der Waals surface area contributed by atoms with Crippen molar-refractivity contribution < 1.29 is 4.79 Å². The van der Waals surface area contributed by atoms with Crippen molar-refractivity contribution >= 4 is 5.91 Å². The van der Waals surface area contributed by atoms with Crippen LogP contribution in [0, 0.1) is 0 Å². The van der Waals surface area contributed by atoms with E-state index in [-0.39, 0.29) is 5.91 Å². The van der Waals surface area contributed by atoms with Gasteiger partial charge in [-0.05, 0) is 36.7 Å². The van der Waals surface area contributed by atoms with Gasteiger partial charge in [0.05, 0.1) is 0 Å². The summed E-state index contributed by atoms with van der Waals surface area (Å²) in [6.07, 6.45) is 2.44. The number of amides is 1. The third-order valence-electron chi connectivity index (χ3n) is 5.27. The molecule has 2 aromatic carbocycles. The molecule has 0 fully saturated rings. The van der Waals surface area contributed by atoms with Gasteiger partial charge in [-0.1, -0.05) is 36.4 Å². The molecule has 0 saturated heterocycles. The summed E-state index contributed by atoms with van der Waals surface area (Å²) in [7, 11) is 4.01. The van der Waals surface area contributed by atoms with Gasteiger partial charge in [-0.2, -0.15) is 5.10 Å². The zero-order chi connectivity index (χ0) is 18.8. The number of rotatable bonds is 4. The van der Waals surface area contributed by atoms with Gasteiger partial charge >= 0.3 is 0 Å². The average molecular weight is 361 g/mol. The second kappa shape index (κ2) is 7.32. The van der Waals surface area contributed by atoms with Gasteiger partial charge in [0.1, 0.15) is 6.33 Å². The molecular formula is C21H23N5O. The molecule has 6 nitrogen and oxygen atoms in total. The molecule has 3 aromatic rings. The first-order valence-electron chi connectivity index (χ1n) is 9.10. The molecule has 1 aliphatic rings. The molecular weight excluding hydrogens is 338 g/mol. The highest BCUT2D eigenvalue weighted by atomic mass is 16.2. The summed E-state index contributed by atoms with van der Waals surface area (Å²) in [5.41, 5.74) is 4.36. The number of likely N-dealkylation sites (N-methyl/N-ethyl adjacent to an activating group) is 2. The third-order valence-corrected chi connectivity index (χ3v) is 5.27. The zero-order valence-electron chi connectivity index (χ0n) is 15.6. The van der Waals surface area contributed by atoms with E-state index < -0.39 is 0 Å². The summed E-state index contributed by atoms with van der Waals surface area (Å²) in [5, 5.41) is 6.69. The van der Waals surface area contributed by atoms with Crippen molar-refractivity contribution in [2.45, 2.75) is 19.0 Å². The van der Waals surface area contributed by atoms with Gasteiger partial charge in [-0.15, -0.1) is 0 Å². The Labute approximate surface area is 158 Å². The fourth-order valence-electron chi connectivity index (χ4n) is 3.66. The van der Waals surface area contributed by atoms with E-state index >= 15 is 0 Å². The number of H-pyrrole nitrogens is 1. The normalized spacial score (nSPS) is 16.7. The molecule has 1 N–H and O–H groups in total. The molecule has 1 unspecified atom stereocenters. The fraction of sp³-hybridized carbons (Fsp3) is 0.286. The largest absolute Gasteiger partial charge is 0.340 e. The van der Waals surface area contributed by atoms with Crippen LogP contribution in [0.4, 0.5) is 0 Å². The lowest BCUT2D eigenvalue weighted by Crippen LogP contribution is -2.46. The molecule has 2 heterocycles. The van der Waals surface area contributed by atoms with Crippen molar-refractivity contribution in [2.75, 3.05) is 20.6 Å². The second-order valence-electron chi connectivity index (χ2n) is 7.14. The number of nitrogens with one attached hydrogen (secondary N) is 1. The standard InChI is InChI=1S/C21H23N5O/c1-25-12-18-6-4-3-5-17(18)11-19(25)13-26(2)21(27)16-9-7-15(8-10-16)20-22-14-23-24-20/h3-10,14,19H,11-13H2,1-2H3,(H,22,23,24). The van der Waals surface area contributed by atoms with Gasteiger partial charge in [-0.3, -0.25) is 14.8 Å². The highest BCUT2D eigenvalue weighted by Gasteiger charge is 2.25. The van der Waals surface area contributed by atoms with Crippen LogP contribution in [0.2, 0.25) is 0 Å². The highest BCUT2D eigenvalue weighted by Crippen LogP contribution is 2.23. The number of benzene rings is 2. The molecule has 0 spiro atoms. The highest BCUT2D eigenvalue weighted by molar-refractivity contribution is 5.94. The Hall–Kier alpha value is -2.99. The van der Waals surface area contributed by atoms with Gasteiger partial charge in [-0.25, -0.2) is 4.98 Å².